The van der Waals surface area contributed by atoms with E-state index in [9.17, 15) is 4.79 Å². The van der Waals surface area contributed by atoms with Crippen molar-refractivity contribution in [3.8, 4) is 23.0 Å². The number of benzene rings is 1. The summed E-state index contributed by atoms with van der Waals surface area (Å²) in [4.78, 5) is 30.8. The molecule has 0 N–H and O–H groups in total. The smallest absolute Gasteiger partial charge is 0.298 e. The van der Waals surface area contributed by atoms with Gasteiger partial charge >= 0.3 is 0 Å². The van der Waals surface area contributed by atoms with Gasteiger partial charge in [-0.05, 0) is 19.1 Å². The van der Waals surface area contributed by atoms with Gasteiger partial charge in [-0.25, -0.2) is 4.98 Å². The number of hydrogen-bond donors (Lipinski definition) is 0. The maximum absolute atomic E-state index is 13.5. The van der Waals surface area contributed by atoms with Crippen LogP contribution >= 0.6 is 0 Å². The molecule has 9 heteroatoms. The lowest BCUT2D eigenvalue weighted by atomic mass is 10.2. The molecule has 3 heterocycles. The van der Waals surface area contributed by atoms with Crippen LogP contribution < -0.4 is 19.9 Å². The Balaban J connectivity index is 1.89. The van der Waals surface area contributed by atoms with Crippen LogP contribution in [0.5, 0.6) is 11.5 Å². The van der Waals surface area contributed by atoms with Crippen molar-refractivity contribution in [2.75, 3.05) is 40.5 Å². The maximum Gasteiger partial charge on any atom is 0.298 e. The second-order valence-corrected chi connectivity index (χ2v) is 6.83. The number of rotatable bonds is 6. The Kier molecular flexibility index (Phi) is 5.82. The van der Waals surface area contributed by atoms with Crippen LogP contribution in [0.2, 0.25) is 0 Å². The van der Waals surface area contributed by atoms with Gasteiger partial charge in [-0.3, -0.25) is 14.7 Å². The third-order valence-corrected chi connectivity index (χ3v) is 5.04. The third kappa shape index (κ3) is 3.81. The monoisotopic (exact) mass is 412 g/mol. The van der Waals surface area contributed by atoms with Crippen LogP contribution in [0.3, 0.4) is 0 Å². The van der Waals surface area contributed by atoms with Crippen LogP contribution in [0.25, 0.3) is 22.4 Å². The minimum absolute atomic E-state index is 0.309. The lowest BCUT2D eigenvalue weighted by molar-refractivity contribution is -0.0921. The van der Waals surface area contributed by atoms with E-state index in [1.54, 1.807) is 37.6 Å². The SMILES string of the molecule is COc1cc(OC)c2c(=O)n(OC(C)N3CCOCC3)c(-c3ccccn3)nc2c1. The second-order valence-electron chi connectivity index (χ2n) is 6.83. The highest BCUT2D eigenvalue weighted by molar-refractivity contribution is 5.87. The van der Waals surface area contributed by atoms with Crippen molar-refractivity contribution >= 4 is 10.9 Å². The number of morpholine rings is 1. The largest absolute Gasteiger partial charge is 0.497 e. The predicted octanol–water partition coefficient (Wildman–Crippen LogP) is 1.58. The highest BCUT2D eigenvalue weighted by Gasteiger charge is 2.24. The Morgan fingerprint density at radius 2 is 1.93 bits per heavy atom. The summed E-state index contributed by atoms with van der Waals surface area (Å²) in [5.74, 6) is 1.22. The lowest BCUT2D eigenvalue weighted by Crippen LogP contribution is -2.48. The van der Waals surface area contributed by atoms with E-state index >= 15 is 0 Å². The molecule has 1 aromatic carbocycles. The number of nitrogens with zero attached hydrogens (tertiary/aromatic N) is 4. The zero-order chi connectivity index (χ0) is 21.1. The van der Waals surface area contributed by atoms with E-state index in [0.717, 1.165) is 13.1 Å². The predicted molar refractivity (Wildman–Crippen MR) is 111 cm³/mol. The van der Waals surface area contributed by atoms with Crippen LogP contribution in [0.15, 0.2) is 41.3 Å². The fourth-order valence-electron chi connectivity index (χ4n) is 3.43. The van der Waals surface area contributed by atoms with Crippen LogP contribution in [0, 0.1) is 0 Å². The highest BCUT2D eigenvalue weighted by Crippen LogP contribution is 2.29. The van der Waals surface area contributed by atoms with Gasteiger partial charge in [0, 0.05) is 31.4 Å². The van der Waals surface area contributed by atoms with Crippen molar-refractivity contribution in [2.45, 2.75) is 13.2 Å². The molecule has 1 atom stereocenters. The van der Waals surface area contributed by atoms with Crippen LogP contribution in [0.1, 0.15) is 6.92 Å². The van der Waals surface area contributed by atoms with Gasteiger partial charge < -0.3 is 19.0 Å². The van der Waals surface area contributed by atoms with Gasteiger partial charge in [0.1, 0.15) is 22.6 Å². The Labute approximate surface area is 173 Å². The molecule has 0 bridgehead atoms. The Bertz CT molecular complexity index is 1080. The molecule has 1 aliphatic heterocycles. The maximum atomic E-state index is 13.5. The van der Waals surface area contributed by atoms with E-state index in [4.69, 9.17) is 24.0 Å². The number of aromatic nitrogens is 3. The third-order valence-electron chi connectivity index (χ3n) is 5.04. The molecule has 1 saturated heterocycles. The quantitative estimate of drug-likeness (QED) is 0.603. The van der Waals surface area contributed by atoms with E-state index in [-0.39, 0.29) is 11.8 Å². The average molecular weight is 412 g/mol. The average Bonchev–Trinajstić information content (AvgIpc) is 2.80. The van der Waals surface area contributed by atoms with Gasteiger partial charge in [-0.15, -0.1) is 4.73 Å². The molecule has 0 radical (unpaired) electrons. The molecule has 3 aromatic rings. The standard InChI is InChI=1S/C21H24N4O5/c1-14(24-8-10-29-11-9-24)30-25-20(16-6-4-5-7-22-16)23-17-12-15(27-2)13-18(28-3)19(17)21(25)26/h4-7,12-14H,8-11H2,1-3H3. The highest BCUT2D eigenvalue weighted by atomic mass is 16.7. The summed E-state index contributed by atoms with van der Waals surface area (Å²) in [5.41, 5.74) is 0.587. The Morgan fingerprint density at radius 3 is 2.60 bits per heavy atom. The van der Waals surface area contributed by atoms with Crippen molar-refractivity contribution < 1.29 is 19.0 Å². The lowest BCUT2D eigenvalue weighted by Gasteiger charge is -2.32. The first-order valence-corrected chi connectivity index (χ1v) is 9.71. The van der Waals surface area contributed by atoms with Crippen LogP contribution in [-0.4, -0.2) is 66.3 Å². The summed E-state index contributed by atoms with van der Waals surface area (Å²) in [6, 6.07) is 8.77. The first-order chi connectivity index (χ1) is 14.6. The molecule has 1 fully saturated rings. The van der Waals surface area contributed by atoms with Gasteiger partial charge in [0.25, 0.3) is 5.56 Å². The minimum Gasteiger partial charge on any atom is -0.497 e. The Morgan fingerprint density at radius 1 is 1.13 bits per heavy atom. The van der Waals surface area contributed by atoms with Crippen LogP contribution in [-0.2, 0) is 4.74 Å². The number of methoxy groups -OCH3 is 2. The summed E-state index contributed by atoms with van der Waals surface area (Å²) < 4.78 is 17.4. The van der Waals surface area contributed by atoms with E-state index < -0.39 is 0 Å². The summed E-state index contributed by atoms with van der Waals surface area (Å²) in [6.45, 7) is 4.58. The zero-order valence-corrected chi connectivity index (χ0v) is 17.2. The van der Waals surface area contributed by atoms with Crippen molar-refractivity contribution in [1.82, 2.24) is 19.6 Å². The molecule has 158 valence electrons. The minimum atomic E-state index is -0.375. The number of ether oxygens (including phenoxy) is 3. The van der Waals surface area contributed by atoms with Gasteiger partial charge in [0.15, 0.2) is 12.1 Å². The molecule has 30 heavy (non-hydrogen) atoms. The normalized spacial score (nSPS) is 15.7. The summed E-state index contributed by atoms with van der Waals surface area (Å²) in [6.07, 6.45) is 1.28. The van der Waals surface area contributed by atoms with Crippen LogP contribution in [0.4, 0.5) is 0 Å². The molecular weight excluding hydrogens is 388 g/mol. The van der Waals surface area contributed by atoms with Crippen molar-refractivity contribution in [2.24, 2.45) is 0 Å². The fourth-order valence-corrected chi connectivity index (χ4v) is 3.43. The van der Waals surface area contributed by atoms with Crippen molar-refractivity contribution in [3.63, 3.8) is 0 Å². The number of pyridine rings is 1. The molecular formula is C21H24N4O5. The summed E-state index contributed by atoms with van der Waals surface area (Å²) in [5, 5.41) is 0.312. The van der Waals surface area contributed by atoms with Crippen molar-refractivity contribution in [3.05, 3.63) is 46.9 Å². The molecule has 9 nitrogen and oxygen atoms in total. The molecule has 0 saturated carbocycles. The number of fused-ring (bicyclic) bond motifs is 1. The van der Waals surface area contributed by atoms with Gasteiger partial charge in [-0.1, -0.05) is 6.07 Å². The summed E-state index contributed by atoms with van der Waals surface area (Å²) >= 11 is 0. The van der Waals surface area contributed by atoms with Gasteiger partial charge in [0.2, 0.25) is 0 Å². The van der Waals surface area contributed by atoms with Gasteiger partial charge in [0.05, 0.1) is 33.0 Å². The first-order valence-electron chi connectivity index (χ1n) is 9.71. The van der Waals surface area contributed by atoms with E-state index in [1.807, 2.05) is 13.0 Å². The molecule has 0 amide bonds. The Hall–Kier alpha value is -3.17. The molecule has 2 aromatic heterocycles. The second kappa shape index (κ2) is 8.68. The molecule has 1 aliphatic rings. The fraction of sp³-hybridized carbons (Fsp3) is 0.381. The van der Waals surface area contributed by atoms with Crippen molar-refractivity contribution in [1.29, 1.82) is 0 Å². The van der Waals surface area contributed by atoms with E-state index in [1.165, 1.54) is 11.8 Å². The summed E-state index contributed by atoms with van der Waals surface area (Å²) in [7, 11) is 3.05. The molecule has 4 rings (SSSR count). The molecule has 0 aliphatic carbocycles. The molecule has 1 unspecified atom stereocenters. The van der Waals surface area contributed by atoms with Gasteiger partial charge in [-0.2, -0.15) is 0 Å². The number of hydrogen-bond acceptors (Lipinski definition) is 8. The van der Waals surface area contributed by atoms with E-state index in [2.05, 4.69) is 9.88 Å². The first kappa shape index (κ1) is 20.1. The zero-order valence-electron chi connectivity index (χ0n) is 17.2. The molecule has 0 spiro atoms. The van der Waals surface area contributed by atoms with E-state index in [0.29, 0.717) is 47.1 Å². The topological polar surface area (TPSA) is 87.9 Å².